The number of aromatic nitrogens is 2. The molecule has 4 aromatic heterocycles. The van der Waals surface area contributed by atoms with Gasteiger partial charge in [0.2, 0.25) is 0 Å². The third kappa shape index (κ3) is 3.01. The third-order valence-corrected chi connectivity index (χ3v) is 11.4. The maximum atomic E-state index is 2.42. The predicted octanol–water partition coefficient (Wildman–Crippen LogP) is 8.16. The number of rotatable bonds is 2. The summed E-state index contributed by atoms with van der Waals surface area (Å²) < 4.78 is 10.4. The first kappa shape index (κ1) is 21.4. The first-order valence-corrected chi connectivity index (χ1v) is 15.0. The van der Waals surface area contributed by atoms with Gasteiger partial charge in [-0.05, 0) is 0 Å². The summed E-state index contributed by atoms with van der Waals surface area (Å²) in [5, 5.41) is 6.76. The predicted molar refractivity (Wildman–Crippen MR) is 159 cm³/mol. The van der Waals surface area contributed by atoms with Crippen LogP contribution in [0.2, 0.25) is 0 Å². The molecule has 0 atom stereocenters. The Bertz CT molecular complexity index is 2120. The fourth-order valence-corrected chi connectivity index (χ4v) is 9.78. The van der Waals surface area contributed by atoms with Crippen molar-refractivity contribution in [3.63, 3.8) is 0 Å². The van der Waals surface area contributed by atoms with Gasteiger partial charge in [-0.15, -0.1) is 0 Å². The van der Waals surface area contributed by atoms with E-state index in [1.807, 2.05) is 11.3 Å². The van der Waals surface area contributed by atoms with Gasteiger partial charge >= 0.3 is 225 Å². The molecular weight excluding hydrogens is 535 g/mol. The van der Waals surface area contributed by atoms with Crippen molar-refractivity contribution in [2.24, 2.45) is 7.05 Å². The molecule has 0 amide bonds. The minimum absolute atomic E-state index is 0.309. The topological polar surface area (TPSA) is 8.81 Å². The average molecular weight is 559 g/mol. The Morgan fingerprint density at radius 1 is 0.703 bits per heavy atom. The molecule has 176 valence electrons. The Morgan fingerprint density at radius 3 is 2.11 bits per heavy atom. The average Bonchev–Trinajstić information content (AvgIpc) is 3.58. The van der Waals surface area contributed by atoms with Crippen molar-refractivity contribution >= 4 is 77.5 Å². The quantitative estimate of drug-likeness (QED) is 0.150. The number of aryl methyl sites for hydroxylation is 2. The van der Waals surface area contributed by atoms with E-state index in [4.69, 9.17) is 0 Å². The number of hydrogen-bond donors (Lipinski definition) is 0. The van der Waals surface area contributed by atoms with Crippen LogP contribution in [0.5, 0.6) is 0 Å². The number of fused-ring (bicyclic) bond motifs is 7. The van der Waals surface area contributed by atoms with Crippen LogP contribution in [-0.2, 0) is 7.05 Å². The van der Waals surface area contributed by atoms with Gasteiger partial charge in [0.15, 0.2) is 0 Å². The monoisotopic (exact) mass is 559 g/mol. The van der Waals surface area contributed by atoms with Crippen molar-refractivity contribution in [3.05, 3.63) is 109 Å². The van der Waals surface area contributed by atoms with Crippen molar-refractivity contribution in [2.45, 2.75) is 6.92 Å². The van der Waals surface area contributed by atoms with E-state index >= 15 is 0 Å². The fourth-order valence-electron chi connectivity index (χ4n) is 5.91. The van der Waals surface area contributed by atoms with E-state index in [0.29, 0.717) is 14.5 Å². The van der Waals surface area contributed by atoms with Gasteiger partial charge in [0.05, 0.1) is 0 Å². The van der Waals surface area contributed by atoms with Crippen molar-refractivity contribution in [1.82, 2.24) is 4.57 Å². The molecule has 4 heterocycles. The second-order valence-corrected chi connectivity index (χ2v) is 13.0. The second kappa shape index (κ2) is 7.90. The molecule has 4 heteroatoms. The van der Waals surface area contributed by atoms with Crippen LogP contribution in [0.25, 0.3) is 67.4 Å². The molecule has 8 rings (SSSR count). The van der Waals surface area contributed by atoms with E-state index < -0.39 is 0 Å². The van der Waals surface area contributed by atoms with Gasteiger partial charge in [-0.1, -0.05) is 0 Å². The summed E-state index contributed by atoms with van der Waals surface area (Å²) in [5.41, 5.74) is 6.53. The first-order valence-electron chi connectivity index (χ1n) is 12.5. The molecule has 0 saturated carbocycles. The van der Waals surface area contributed by atoms with Crippen LogP contribution in [0.3, 0.4) is 0 Å². The van der Waals surface area contributed by atoms with Crippen molar-refractivity contribution < 1.29 is 4.57 Å². The van der Waals surface area contributed by atoms with E-state index in [9.17, 15) is 0 Å². The molecule has 0 aliphatic carbocycles. The Labute approximate surface area is 224 Å². The minimum atomic E-state index is 0.309. The molecule has 0 saturated heterocycles. The van der Waals surface area contributed by atoms with Gasteiger partial charge in [-0.25, -0.2) is 0 Å². The number of benzene rings is 4. The molecule has 0 N–H and O–H groups in total. The van der Waals surface area contributed by atoms with Gasteiger partial charge in [-0.3, -0.25) is 0 Å². The summed E-state index contributed by atoms with van der Waals surface area (Å²) in [6, 6.07) is 35.7. The van der Waals surface area contributed by atoms with Crippen LogP contribution in [0.1, 0.15) is 5.56 Å². The van der Waals surface area contributed by atoms with E-state index in [2.05, 4.69) is 126 Å². The summed E-state index contributed by atoms with van der Waals surface area (Å²) in [4.78, 5) is 0. The fraction of sp³-hybridized carbons (Fsp3) is 0.0606. The van der Waals surface area contributed by atoms with Crippen molar-refractivity contribution in [3.8, 4) is 15.8 Å². The third-order valence-electron chi connectivity index (χ3n) is 7.64. The molecule has 0 unspecified atom stereocenters. The number of para-hydroxylation sites is 2. The summed E-state index contributed by atoms with van der Waals surface area (Å²) in [6.45, 7) is 2.30. The van der Waals surface area contributed by atoms with Gasteiger partial charge in [0, 0.05) is 0 Å². The van der Waals surface area contributed by atoms with E-state index in [1.54, 1.807) is 0 Å². The van der Waals surface area contributed by atoms with Gasteiger partial charge in [-0.2, -0.15) is 0 Å². The summed E-state index contributed by atoms with van der Waals surface area (Å²) in [5.74, 6) is 0. The molecule has 0 bridgehead atoms. The molecule has 2 nitrogen and oxygen atoms in total. The summed E-state index contributed by atoms with van der Waals surface area (Å²) in [6.07, 6.45) is 2.24. The Kier molecular flexibility index (Phi) is 4.57. The van der Waals surface area contributed by atoms with Crippen molar-refractivity contribution in [2.75, 3.05) is 0 Å². The van der Waals surface area contributed by atoms with Crippen LogP contribution in [-0.4, -0.2) is 19.1 Å². The molecule has 0 radical (unpaired) electrons. The normalized spacial score (nSPS) is 12.1. The van der Waals surface area contributed by atoms with Crippen molar-refractivity contribution in [1.29, 1.82) is 0 Å². The van der Waals surface area contributed by atoms with Crippen LogP contribution < -0.4 is 4.57 Å². The van der Waals surface area contributed by atoms with Gasteiger partial charge < -0.3 is 0 Å². The number of thiophene rings is 1. The van der Waals surface area contributed by atoms with Crippen LogP contribution >= 0.6 is 11.3 Å². The van der Waals surface area contributed by atoms with Crippen LogP contribution in [0.15, 0.2) is 103 Å². The zero-order valence-electron chi connectivity index (χ0n) is 20.5. The van der Waals surface area contributed by atoms with Crippen LogP contribution in [0.4, 0.5) is 0 Å². The molecule has 4 aromatic carbocycles. The zero-order chi connectivity index (χ0) is 24.7. The van der Waals surface area contributed by atoms with E-state index in [1.165, 1.54) is 73.0 Å². The zero-order valence-corrected chi connectivity index (χ0v) is 23.1. The molecule has 0 fully saturated rings. The summed E-state index contributed by atoms with van der Waals surface area (Å²) in [7, 11) is 2.20. The first-order chi connectivity index (χ1) is 18.2. The molecular formula is C33H23N2SSe+. The number of pyridine rings is 1. The molecule has 0 aliphatic heterocycles. The number of hydrogen-bond acceptors (Lipinski definition) is 1. The molecule has 8 aromatic rings. The molecule has 0 spiro atoms. The second-order valence-electron chi connectivity index (χ2n) is 9.72. The molecule has 37 heavy (non-hydrogen) atoms. The Hall–Kier alpha value is -3.69. The maximum absolute atomic E-state index is 2.42. The standard InChI is InChI=1S/C33H23N2SSe/c1-20-22-9-5-8-14-30(22)37-33(20)32-31-25-16-15-21(19-29(25)36-28(31)17-18-34(32)2)35-26-12-6-3-10-23(26)24-11-4-7-13-27(24)35/h3-19H,1-2H3/q+1. The molecule has 0 aliphatic rings. The Balaban J connectivity index is 1.42. The summed E-state index contributed by atoms with van der Waals surface area (Å²) >= 11 is 2.22. The Morgan fingerprint density at radius 2 is 1.38 bits per heavy atom. The van der Waals surface area contributed by atoms with E-state index in [-0.39, 0.29) is 0 Å². The van der Waals surface area contributed by atoms with Gasteiger partial charge in [0.25, 0.3) is 0 Å². The van der Waals surface area contributed by atoms with Gasteiger partial charge in [0.1, 0.15) is 0 Å². The SMILES string of the molecule is Cc1c(-c2c3c(cc[n+]2C)sc2cc(-n4c5ccccc5c5ccccc54)ccc23)[se]c2ccccc12. The van der Waals surface area contributed by atoms with E-state index in [0.717, 1.165) is 0 Å². The van der Waals surface area contributed by atoms with Crippen LogP contribution in [0, 0.1) is 6.92 Å². The number of nitrogens with zero attached hydrogens (tertiary/aromatic N) is 2.